The molecule has 0 spiro atoms. The highest BCUT2D eigenvalue weighted by molar-refractivity contribution is 5.86. The molecule has 0 amide bonds. The molecule has 5 rings (SSSR count). The highest BCUT2D eigenvalue weighted by atomic mass is 15.0. The Hall–Kier alpha value is -1.76. The summed E-state index contributed by atoms with van der Waals surface area (Å²) in [5.74, 6) is 3.33. The second-order valence-electron chi connectivity index (χ2n) is 7.31. The zero-order valence-corrected chi connectivity index (χ0v) is 13.0. The first kappa shape index (κ1) is 12.8. The first-order valence-corrected chi connectivity index (χ1v) is 8.77. The van der Waals surface area contributed by atoms with E-state index < -0.39 is 0 Å². The molecule has 1 saturated carbocycles. The molecule has 0 saturated heterocycles. The minimum atomic E-state index is 0.793. The van der Waals surface area contributed by atoms with Gasteiger partial charge < -0.3 is 4.57 Å². The number of hydrogen-bond donors (Lipinski definition) is 0. The maximum atomic E-state index is 3.88. The molecule has 1 aromatic heterocycles. The topological polar surface area (TPSA) is 4.93 Å². The molecule has 0 aliphatic heterocycles. The van der Waals surface area contributed by atoms with E-state index in [2.05, 4.69) is 53.6 Å². The summed E-state index contributed by atoms with van der Waals surface area (Å²) in [7, 11) is 0. The van der Waals surface area contributed by atoms with E-state index in [0.717, 1.165) is 36.6 Å². The van der Waals surface area contributed by atoms with Gasteiger partial charge in [0.25, 0.3) is 0 Å². The number of nitrogens with zero attached hydrogens (tertiary/aromatic N) is 1. The van der Waals surface area contributed by atoms with E-state index in [9.17, 15) is 0 Å². The Morgan fingerprint density at radius 3 is 2.95 bits per heavy atom. The third kappa shape index (κ3) is 1.54. The Kier molecular flexibility index (Phi) is 2.68. The molecule has 1 aromatic carbocycles. The van der Waals surface area contributed by atoms with Gasteiger partial charge in [0.2, 0.25) is 0 Å². The summed E-state index contributed by atoms with van der Waals surface area (Å²) in [6, 6.07) is 9.06. The maximum absolute atomic E-state index is 3.88. The summed E-state index contributed by atoms with van der Waals surface area (Å²) < 4.78 is 2.66. The normalized spacial score (nSPS) is 30.9. The minimum absolute atomic E-state index is 0.793. The van der Waals surface area contributed by atoms with Crippen molar-refractivity contribution in [3.63, 3.8) is 0 Å². The van der Waals surface area contributed by atoms with Gasteiger partial charge in [0.05, 0.1) is 0 Å². The molecule has 2 bridgehead atoms. The molecule has 1 heteroatoms. The summed E-state index contributed by atoms with van der Waals surface area (Å²) in [6.45, 7) is 5.03. The molecule has 1 nitrogen and oxygen atoms in total. The summed E-state index contributed by atoms with van der Waals surface area (Å²) in [5, 5.41) is 1.52. The van der Waals surface area contributed by atoms with Gasteiger partial charge in [-0.15, -0.1) is 6.58 Å². The van der Waals surface area contributed by atoms with Crippen molar-refractivity contribution in [3.05, 3.63) is 60.3 Å². The predicted molar refractivity (Wildman–Crippen MR) is 92.0 cm³/mol. The molecular formula is C21H23N. The van der Waals surface area contributed by atoms with Crippen molar-refractivity contribution >= 4 is 10.9 Å². The lowest BCUT2D eigenvalue weighted by molar-refractivity contribution is 0.413. The van der Waals surface area contributed by atoms with Crippen molar-refractivity contribution in [2.45, 2.75) is 38.1 Å². The van der Waals surface area contributed by atoms with Crippen LogP contribution in [0.4, 0.5) is 0 Å². The Labute approximate surface area is 132 Å². The van der Waals surface area contributed by atoms with Crippen LogP contribution in [0.2, 0.25) is 0 Å². The lowest BCUT2D eigenvalue weighted by Gasteiger charge is -2.23. The number of allylic oxidation sites excluding steroid dienone is 3. The molecule has 0 N–H and O–H groups in total. The van der Waals surface area contributed by atoms with Crippen LogP contribution in [0.5, 0.6) is 0 Å². The van der Waals surface area contributed by atoms with Crippen LogP contribution >= 0.6 is 0 Å². The van der Waals surface area contributed by atoms with Gasteiger partial charge in [-0.25, -0.2) is 0 Å². The average Bonchev–Trinajstić information content (AvgIpc) is 3.26. The standard InChI is InChI=1S/C21H23N/c1-2-3-6-11-22-19-8-5-4-7-16(19)18-13-17-14-9-10-15(12-14)20(17)21(18)22/h2,4-5,7-10,14-15,17,20H,1,3,6,11-13H2/t14?,15?,17-,20+/m1/s1. The third-order valence-corrected chi connectivity index (χ3v) is 6.29. The Bertz CT molecular complexity index is 779. The van der Waals surface area contributed by atoms with Gasteiger partial charge in [0, 0.05) is 29.1 Å². The fourth-order valence-corrected chi connectivity index (χ4v) is 5.47. The lowest BCUT2D eigenvalue weighted by atomic mass is 9.85. The maximum Gasteiger partial charge on any atom is 0.0485 e. The van der Waals surface area contributed by atoms with Crippen molar-refractivity contribution in [1.82, 2.24) is 4.57 Å². The van der Waals surface area contributed by atoms with E-state index >= 15 is 0 Å². The molecule has 1 fully saturated rings. The second kappa shape index (κ2) is 4.62. The highest BCUT2D eigenvalue weighted by Crippen LogP contribution is 2.59. The zero-order valence-electron chi connectivity index (χ0n) is 13.0. The number of aryl methyl sites for hydroxylation is 1. The molecule has 3 aliphatic rings. The number of unbranched alkanes of at least 4 members (excludes halogenated alkanes) is 1. The van der Waals surface area contributed by atoms with Crippen molar-refractivity contribution < 1.29 is 0 Å². The van der Waals surface area contributed by atoms with Crippen LogP contribution in [-0.2, 0) is 13.0 Å². The Morgan fingerprint density at radius 1 is 1.18 bits per heavy atom. The molecule has 2 aromatic rings. The molecule has 112 valence electrons. The van der Waals surface area contributed by atoms with E-state index in [1.807, 2.05) is 0 Å². The van der Waals surface area contributed by atoms with Crippen molar-refractivity contribution in [3.8, 4) is 0 Å². The number of para-hydroxylation sites is 1. The SMILES string of the molecule is C=CCCCn1c2c(c3ccccc31)C[C@@H]1C3C=CC(C3)[C@H]21. The van der Waals surface area contributed by atoms with E-state index in [0.29, 0.717) is 0 Å². The van der Waals surface area contributed by atoms with Crippen LogP contribution in [0.1, 0.15) is 36.4 Å². The first-order valence-electron chi connectivity index (χ1n) is 8.77. The van der Waals surface area contributed by atoms with Crippen LogP contribution in [0.25, 0.3) is 10.9 Å². The summed E-state index contributed by atoms with van der Waals surface area (Å²) in [6.07, 6.45) is 12.1. The summed E-state index contributed by atoms with van der Waals surface area (Å²) in [4.78, 5) is 0. The summed E-state index contributed by atoms with van der Waals surface area (Å²) in [5.41, 5.74) is 4.82. The average molecular weight is 289 g/mol. The predicted octanol–water partition coefficient (Wildman–Crippen LogP) is 5.07. The molecule has 3 aliphatic carbocycles. The van der Waals surface area contributed by atoms with Crippen molar-refractivity contribution in [2.24, 2.45) is 17.8 Å². The molecular weight excluding hydrogens is 266 g/mol. The van der Waals surface area contributed by atoms with Crippen LogP contribution in [0, 0.1) is 17.8 Å². The van der Waals surface area contributed by atoms with Crippen molar-refractivity contribution in [1.29, 1.82) is 0 Å². The van der Waals surface area contributed by atoms with Gasteiger partial charge in [-0.1, -0.05) is 36.4 Å². The molecule has 0 radical (unpaired) electrons. The molecule has 4 atom stereocenters. The van der Waals surface area contributed by atoms with E-state index in [1.54, 1.807) is 11.3 Å². The molecule has 2 unspecified atom stereocenters. The number of hydrogen-bond acceptors (Lipinski definition) is 0. The van der Waals surface area contributed by atoms with E-state index in [1.165, 1.54) is 30.2 Å². The fourth-order valence-electron chi connectivity index (χ4n) is 5.47. The van der Waals surface area contributed by atoms with Gasteiger partial charge in [0.15, 0.2) is 0 Å². The van der Waals surface area contributed by atoms with Crippen LogP contribution in [0.3, 0.4) is 0 Å². The third-order valence-electron chi connectivity index (χ3n) is 6.29. The summed E-state index contributed by atoms with van der Waals surface area (Å²) >= 11 is 0. The number of benzene rings is 1. The van der Waals surface area contributed by atoms with Gasteiger partial charge >= 0.3 is 0 Å². The van der Waals surface area contributed by atoms with Crippen LogP contribution in [-0.4, -0.2) is 4.57 Å². The molecule has 1 heterocycles. The van der Waals surface area contributed by atoms with Crippen molar-refractivity contribution in [2.75, 3.05) is 0 Å². The minimum Gasteiger partial charge on any atom is -0.344 e. The van der Waals surface area contributed by atoms with Gasteiger partial charge in [-0.2, -0.15) is 0 Å². The number of aromatic nitrogens is 1. The van der Waals surface area contributed by atoms with Gasteiger partial charge in [-0.05, 0) is 55.1 Å². The van der Waals surface area contributed by atoms with E-state index in [-0.39, 0.29) is 0 Å². The lowest BCUT2D eigenvalue weighted by Crippen LogP contribution is -2.16. The Balaban J connectivity index is 1.66. The largest absolute Gasteiger partial charge is 0.344 e. The van der Waals surface area contributed by atoms with Crippen LogP contribution in [0.15, 0.2) is 49.1 Å². The quantitative estimate of drug-likeness (QED) is 0.547. The highest BCUT2D eigenvalue weighted by Gasteiger charge is 2.51. The monoisotopic (exact) mass is 289 g/mol. The smallest absolute Gasteiger partial charge is 0.0485 e. The Morgan fingerprint density at radius 2 is 2.05 bits per heavy atom. The first-order chi connectivity index (χ1) is 10.9. The fraction of sp³-hybridized carbons (Fsp3) is 0.429. The van der Waals surface area contributed by atoms with Crippen LogP contribution < -0.4 is 0 Å². The van der Waals surface area contributed by atoms with Gasteiger partial charge in [0.1, 0.15) is 0 Å². The van der Waals surface area contributed by atoms with E-state index in [4.69, 9.17) is 0 Å². The zero-order chi connectivity index (χ0) is 14.7. The second-order valence-corrected chi connectivity index (χ2v) is 7.31. The number of rotatable bonds is 4. The molecule has 22 heavy (non-hydrogen) atoms. The number of fused-ring (bicyclic) bond motifs is 9. The van der Waals surface area contributed by atoms with Gasteiger partial charge in [-0.3, -0.25) is 0 Å².